The lowest BCUT2D eigenvalue weighted by Crippen LogP contribution is -2.31. The van der Waals surface area contributed by atoms with E-state index in [9.17, 15) is 13.2 Å². The van der Waals surface area contributed by atoms with Crippen LogP contribution in [0.15, 0.2) is 84.4 Å². The summed E-state index contributed by atoms with van der Waals surface area (Å²) in [5.41, 5.74) is 9.24. The maximum atomic E-state index is 12.7. The number of nitrogens with zero attached hydrogens (tertiary/aromatic N) is 3. The highest BCUT2D eigenvalue weighted by atomic mass is 19.4. The van der Waals surface area contributed by atoms with Gasteiger partial charge < -0.3 is 19.9 Å². The number of hydrogen-bond donors (Lipinski definition) is 1. The minimum atomic E-state index is -4.79. The van der Waals surface area contributed by atoms with Gasteiger partial charge in [-0.15, -0.1) is 13.2 Å². The molecule has 0 radical (unpaired) electrons. The molecule has 2 aliphatic rings. The van der Waals surface area contributed by atoms with E-state index >= 15 is 0 Å². The molecule has 2 aliphatic heterocycles. The van der Waals surface area contributed by atoms with Crippen molar-refractivity contribution in [1.82, 2.24) is 9.97 Å². The normalized spacial score (nSPS) is 18.0. The number of ether oxygens (including phenoxy) is 3. The van der Waals surface area contributed by atoms with E-state index in [1.54, 1.807) is 30.6 Å². The van der Waals surface area contributed by atoms with Gasteiger partial charge in [-0.3, -0.25) is 0 Å². The Morgan fingerprint density at radius 1 is 0.833 bits per heavy atom. The van der Waals surface area contributed by atoms with Crippen LogP contribution in [0.1, 0.15) is 11.1 Å². The number of aliphatic imine (C=N–C) groups is 1. The zero-order valence-electron chi connectivity index (χ0n) is 18.5. The smallest absolute Gasteiger partial charge is 0.462 e. The van der Waals surface area contributed by atoms with Gasteiger partial charge in [-0.1, -0.05) is 24.3 Å². The Balaban J connectivity index is 1.48. The molecule has 6 rings (SSSR count). The van der Waals surface area contributed by atoms with Gasteiger partial charge in [-0.05, 0) is 53.1 Å². The van der Waals surface area contributed by atoms with E-state index in [1.165, 1.54) is 24.5 Å². The summed E-state index contributed by atoms with van der Waals surface area (Å²) in [5.74, 6) is 0.834. The molecule has 10 heteroatoms. The summed E-state index contributed by atoms with van der Waals surface area (Å²) in [6.07, 6.45) is 0.0751. The molecule has 1 aromatic heterocycles. The van der Waals surface area contributed by atoms with Crippen molar-refractivity contribution < 1.29 is 27.4 Å². The van der Waals surface area contributed by atoms with Gasteiger partial charge in [0.2, 0.25) is 0 Å². The zero-order valence-corrected chi connectivity index (χ0v) is 18.5. The quantitative estimate of drug-likeness (QED) is 0.413. The third kappa shape index (κ3) is 3.76. The fourth-order valence-corrected chi connectivity index (χ4v) is 4.53. The van der Waals surface area contributed by atoms with Gasteiger partial charge in [0.15, 0.2) is 5.54 Å². The monoisotopic (exact) mass is 490 g/mol. The molecule has 0 fully saturated rings. The van der Waals surface area contributed by atoms with E-state index in [0.29, 0.717) is 28.2 Å². The van der Waals surface area contributed by atoms with Crippen LogP contribution in [0.25, 0.3) is 22.3 Å². The van der Waals surface area contributed by atoms with E-state index in [2.05, 4.69) is 19.7 Å². The van der Waals surface area contributed by atoms with Crippen molar-refractivity contribution in [2.45, 2.75) is 11.9 Å². The largest absolute Gasteiger partial charge is 0.573 e. The maximum absolute atomic E-state index is 12.7. The maximum Gasteiger partial charge on any atom is 0.573 e. The van der Waals surface area contributed by atoms with Gasteiger partial charge in [0.25, 0.3) is 6.02 Å². The number of amidine groups is 1. The second-order valence-corrected chi connectivity index (χ2v) is 8.33. The van der Waals surface area contributed by atoms with Crippen molar-refractivity contribution in [3.05, 3.63) is 90.5 Å². The molecule has 0 saturated heterocycles. The Morgan fingerprint density at radius 2 is 1.47 bits per heavy atom. The minimum absolute atomic E-state index is 0.0354. The first-order valence-electron chi connectivity index (χ1n) is 10.9. The molecule has 0 amide bonds. The number of aromatic nitrogens is 2. The van der Waals surface area contributed by atoms with Crippen molar-refractivity contribution in [2.75, 3.05) is 6.61 Å². The second kappa shape index (κ2) is 7.98. The van der Waals surface area contributed by atoms with Gasteiger partial charge in [0, 0.05) is 29.1 Å². The fourth-order valence-electron chi connectivity index (χ4n) is 4.53. The standard InChI is InChI=1S/C26H17F3N4O3/c27-26(28,29)36-19-3-1-2-15(8-19)16-4-6-22-20(9-16)25(13-34-24(30)33-25)21-10-17(5-7-23(21)35-22)18-11-31-14-32-12-18/h1-12,14H,13H2,(H2,30,33)/t25-/m1/s1. The summed E-state index contributed by atoms with van der Waals surface area (Å²) < 4.78 is 54.2. The lowest BCUT2D eigenvalue weighted by atomic mass is 9.79. The van der Waals surface area contributed by atoms with Gasteiger partial charge in [0.05, 0.1) is 0 Å². The molecule has 3 aromatic carbocycles. The Labute approximate surface area is 203 Å². The Morgan fingerprint density at radius 3 is 2.08 bits per heavy atom. The molecule has 4 aromatic rings. The second-order valence-electron chi connectivity index (χ2n) is 8.33. The highest BCUT2D eigenvalue weighted by molar-refractivity contribution is 5.79. The highest BCUT2D eigenvalue weighted by Crippen LogP contribution is 2.52. The third-order valence-corrected chi connectivity index (χ3v) is 6.10. The summed E-state index contributed by atoms with van der Waals surface area (Å²) >= 11 is 0. The van der Waals surface area contributed by atoms with E-state index < -0.39 is 11.9 Å². The zero-order chi connectivity index (χ0) is 24.9. The van der Waals surface area contributed by atoms with E-state index in [1.807, 2.05) is 24.3 Å². The van der Waals surface area contributed by atoms with E-state index in [-0.39, 0.29) is 18.4 Å². The fraction of sp³-hybridized carbons (Fsp3) is 0.115. The van der Waals surface area contributed by atoms with Gasteiger partial charge in [0.1, 0.15) is 30.2 Å². The van der Waals surface area contributed by atoms with Crippen LogP contribution in [0.2, 0.25) is 0 Å². The number of halogens is 3. The lowest BCUT2D eigenvalue weighted by Gasteiger charge is -2.34. The van der Waals surface area contributed by atoms with Crippen LogP contribution in [-0.2, 0) is 10.3 Å². The van der Waals surface area contributed by atoms with Crippen LogP contribution < -0.4 is 15.2 Å². The van der Waals surface area contributed by atoms with Crippen LogP contribution in [0.3, 0.4) is 0 Å². The molecule has 1 spiro atoms. The molecule has 1 atom stereocenters. The molecule has 36 heavy (non-hydrogen) atoms. The van der Waals surface area contributed by atoms with Gasteiger partial charge in [-0.2, -0.15) is 0 Å². The summed E-state index contributed by atoms with van der Waals surface area (Å²) in [6.45, 7) is 0.137. The van der Waals surface area contributed by atoms with Crippen molar-refractivity contribution in [2.24, 2.45) is 10.7 Å². The lowest BCUT2D eigenvalue weighted by molar-refractivity contribution is -0.274. The van der Waals surface area contributed by atoms with Crippen LogP contribution >= 0.6 is 0 Å². The third-order valence-electron chi connectivity index (χ3n) is 6.10. The number of benzene rings is 3. The van der Waals surface area contributed by atoms with Crippen molar-refractivity contribution in [3.8, 4) is 39.5 Å². The predicted octanol–water partition coefficient (Wildman–Crippen LogP) is 5.40. The van der Waals surface area contributed by atoms with Gasteiger partial charge in [-0.25, -0.2) is 15.0 Å². The Hall–Kier alpha value is -4.60. The first kappa shape index (κ1) is 21.9. The topological polar surface area (TPSA) is 91.9 Å². The SMILES string of the molecule is NC1=N[C@@]2(CO1)c1cc(-c3cncnc3)ccc1Oc1ccc(-c3cccc(OC(F)(F)F)c3)cc12. The minimum Gasteiger partial charge on any atom is -0.462 e. The Bertz CT molecular complexity index is 1510. The first-order valence-corrected chi connectivity index (χ1v) is 10.9. The first-order chi connectivity index (χ1) is 17.3. The molecule has 0 aliphatic carbocycles. The van der Waals surface area contributed by atoms with Crippen LogP contribution in [0.4, 0.5) is 13.2 Å². The average molecular weight is 490 g/mol. The molecule has 0 unspecified atom stereocenters. The summed E-state index contributed by atoms with van der Waals surface area (Å²) in [4.78, 5) is 12.9. The summed E-state index contributed by atoms with van der Waals surface area (Å²) in [5, 5.41) is 0. The number of nitrogens with two attached hydrogens (primary N) is 1. The van der Waals surface area contributed by atoms with Crippen LogP contribution in [0.5, 0.6) is 17.2 Å². The molecule has 0 saturated carbocycles. The summed E-state index contributed by atoms with van der Waals surface area (Å²) in [6, 6.07) is 16.9. The number of hydrogen-bond acceptors (Lipinski definition) is 7. The molecule has 180 valence electrons. The molecule has 3 heterocycles. The molecular weight excluding hydrogens is 473 g/mol. The average Bonchev–Trinajstić information content (AvgIpc) is 3.26. The van der Waals surface area contributed by atoms with E-state index in [0.717, 1.165) is 16.7 Å². The van der Waals surface area contributed by atoms with Crippen molar-refractivity contribution in [1.29, 1.82) is 0 Å². The van der Waals surface area contributed by atoms with Gasteiger partial charge >= 0.3 is 6.36 Å². The predicted molar refractivity (Wildman–Crippen MR) is 124 cm³/mol. The van der Waals surface area contributed by atoms with E-state index in [4.69, 9.17) is 15.2 Å². The summed E-state index contributed by atoms with van der Waals surface area (Å²) in [7, 11) is 0. The number of fused-ring (bicyclic) bond motifs is 4. The number of rotatable bonds is 3. The molecule has 2 N–H and O–H groups in total. The van der Waals surface area contributed by atoms with Crippen LogP contribution in [-0.4, -0.2) is 29.0 Å². The molecular formula is C26H17F3N4O3. The number of alkyl halides is 3. The van der Waals surface area contributed by atoms with Crippen molar-refractivity contribution >= 4 is 6.02 Å². The molecule has 0 bridgehead atoms. The Kier molecular flexibility index (Phi) is 4.85. The molecule has 7 nitrogen and oxygen atoms in total. The van der Waals surface area contributed by atoms with Crippen molar-refractivity contribution in [3.63, 3.8) is 0 Å². The van der Waals surface area contributed by atoms with Crippen LogP contribution in [0, 0.1) is 0 Å². The highest BCUT2D eigenvalue weighted by Gasteiger charge is 2.47.